The van der Waals surface area contributed by atoms with Crippen LogP contribution in [0.25, 0.3) is 11.6 Å². The largest absolute Gasteiger partial charge is 0.465 e. The molecule has 0 bridgehead atoms. The maximum atomic E-state index is 13.2. The molecular formula is C25H19F3O4. The van der Waals surface area contributed by atoms with Gasteiger partial charge >= 0.3 is 18.1 Å². The van der Waals surface area contributed by atoms with E-state index in [1.54, 1.807) is 60.7 Å². The smallest absolute Gasteiger partial charge is 0.416 e. The van der Waals surface area contributed by atoms with Crippen LogP contribution in [-0.2, 0) is 15.7 Å². The molecule has 0 saturated carbocycles. The van der Waals surface area contributed by atoms with E-state index in [2.05, 4.69) is 0 Å². The van der Waals surface area contributed by atoms with Crippen LogP contribution in [0, 0.1) is 0 Å². The minimum Gasteiger partial charge on any atom is -0.465 e. The molecule has 3 aromatic carbocycles. The van der Waals surface area contributed by atoms with Crippen LogP contribution in [0.2, 0.25) is 0 Å². The van der Waals surface area contributed by atoms with E-state index < -0.39 is 23.7 Å². The van der Waals surface area contributed by atoms with E-state index in [9.17, 15) is 22.8 Å². The highest BCUT2D eigenvalue weighted by Crippen LogP contribution is 2.32. The van der Waals surface area contributed by atoms with Crippen molar-refractivity contribution >= 4 is 23.6 Å². The molecule has 7 heteroatoms. The average molecular weight is 440 g/mol. The van der Waals surface area contributed by atoms with E-state index in [1.165, 1.54) is 20.3 Å². The molecule has 0 atom stereocenters. The lowest BCUT2D eigenvalue weighted by atomic mass is 9.94. The van der Waals surface area contributed by atoms with E-state index in [0.29, 0.717) is 33.4 Å². The quantitative estimate of drug-likeness (QED) is 0.368. The summed E-state index contributed by atoms with van der Waals surface area (Å²) in [6.07, 6.45) is -2.84. The Balaban J connectivity index is 2.10. The lowest BCUT2D eigenvalue weighted by Crippen LogP contribution is -2.04. The highest BCUT2D eigenvalue weighted by Gasteiger charge is 2.30. The van der Waals surface area contributed by atoms with Gasteiger partial charge in [0.05, 0.1) is 30.9 Å². The van der Waals surface area contributed by atoms with Crippen molar-refractivity contribution in [3.63, 3.8) is 0 Å². The summed E-state index contributed by atoms with van der Waals surface area (Å²) in [4.78, 5) is 23.5. The molecule has 3 rings (SSSR count). The van der Waals surface area contributed by atoms with Crippen LogP contribution in [0.1, 0.15) is 43.0 Å². The number of hydrogen-bond acceptors (Lipinski definition) is 4. The predicted octanol–water partition coefficient (Wildman–Crippen LogP) is 5.87. The third kappa shape index (κ3) is 5.24. The van der Waals surface area contributed by atoms with Gasteiger partial charge in [-0.15, -0.1) is 0 Å². The molecule has 3 aromatic rings. The van der Waals surface area contributed by atoms with Gasteiger partial charge in [0.2, 0.25) is 0 Å². The molecule has 0 aliphatic rings. The molecule has 0 radical (unpaired) electrons. The maximum Gasteiger partial charge on any atom is 0.416 e. The number of methoxy groups -OCH3 is 2. The molecule has 4 nitrogen and oxygen atoms in total. The summed E-state index contributed by atoms with van der Waals surface area (Å²) in [6, 6.07) is 18.0. The first-order valence-electron chi connectivity index (χ1n) is 9.49. The maximum absolute atomic E-state index is 13.2. The van der Waals surface area contributed by atoms with E-state index in [4.69, 9.17) is 9.47 Å². The lowest BCUT2D eigenvalue weighted by molar-refractivity contribution is -0.137. The zero-order valence-electron chi connectivity index (χ0n) is 17.3. The van der Waals surface area contributed by atoms with Gasteiger partial charge in [-0.05, 0) is 64.7 Å². The van der Waals surface area contributed by atoms with Crippen LogP contribution in [0.3, 0.4) is 0 Å². The molecule has 0 saturated heterocycles. The minimum absolute atomic E-state index is 0.343. The van der Waals surface area contributed by atoms with Crippen LogP contribution in [0.5, 0.6) is 0 Å². The number of carbonyl (C=O) groups excluding carboxylic acids is 2. The number of ether oxygens (including phenoxy) is 2. The average Bonchev–Trinajstić information content (AvgIpc) is 2.81. The number of hydrogen-bond donors (Lipinski definition) is 0. The Morgan fingerprint density at radius 3 is 1.56 bits per heavy atom. The Bertz CT molecular complexity index is 1080. The Kier molecular flexibility index (Phi) is 6.78. The van der Waals surface area contributed by atoms with Crippen LogP contribution in [-0.4, -0.2) is 26.2 Å². The lowest BCUT2D eigenvalue weighted by Gasteiger charge is -2.12. The Hall–Kier alpha value is -3.87. The third-order valence-corrected chi connectivity index (χ3v) is 4.76. The monoisotopic (exact) mass is 440 g/mol. The molecule has 0 spiro atoms. The zero-order valence-corrected chi connectivity index (χ0v) is 17.3. The fourth-order valence-electron chi connectivity index (χ4n) is 3.11. The van der Waals surface area contributed by atoms with Crippen LogP contribution >= 0.6 is 0 Å². The molecule has 0 aliphatic carbocycles. The van der Waals surface area contributed by atoms with Crippen molar-refractivity contribution in [2.24, 2.45) is 0 Å². The van der Waals surface area contributed by atoms with Gasteiger partial charge in [0.25, 0.3) is 0 Å². The first kappa shape index (κ1) is 22.8. The molecule has 0 unspecified atom stereocenters. The third-order valence-electron chi connectivity index (χ3n) is 4.76. The van der Waals surface area contributed by atoms with Crippen molar-refractivity contribution in [2.75, 3.05) is 14.2 Å². The van der Waals surface area contributed by atoms with Gasteiger partial charge in [-0.1, -0.05) is 36.4 Å². The van der Waals surface area contributed by atoms with Crippen LogP contribution < -0.4 is 0 Å². The minimum atomic E-state index is -4.46. The molecule has 0 fully saturated rings. The summed E-state index contributed by atoms with van der Waals surface area (Å²) in [5.74, 6) is -0.996. The topological polar surface area (TPSA) is 52.6 Å². The first-order valence-corrected chi connectivity index (χ1v) is 9.49. The molecule has 0 N–H and O–H groups in total. The van der Waals surface area contributed by atoms with Gasteiger partial charge in [0.15, 0.2) is 0 Å². The second kappa shape index (κ2) is 9.51. The van der Waals surface area contributed by atoms with E-state index in [1.807, 2.05) is 0 Å². The molecule has 0 heterocycles. The number of benzene rings is 3. The van der Waals surface area contributed by atoms with Crippen molar-refractivity contribution in [1.82, 2.24) is 0 Å². The number of esters is 2. The van der Waals surface area contributed by atoms with Crippen molar-refractivity contribution in [3.05, 3.63) is 106 Å². The molecule has 0 aromatic heterocycles. The molecule has 32 heavy (non-hydrogen) atoms. The Morgan fingerprint density at radius 1 is 0.719 bits per heavy atom. The second-order valence-electron chi connectivity index (χ2n) is 6.82. The zero-order chi connectivity index (χ0) is 23.3. The highest BCUT2D eigenvalue weighted by molar-refractivity contribution is 5.95. The molecule has 0 amide bonds. The summed E-state index contributed by atoms with van der Waals surface area (Å²) >= 11 is 0. The van der Waals surface area contributed by atoms with Gasteiger partial charge in [-0.3, -0.25) is 0 Å². The number of rotatable bonds is 5. The van der Waals surface area contributed by atoms with Gasteiger partial charge in [0.1, 0.15) is 0 Å². The number of alkyl halides is 3. The fourth-order valence-corrected chi connectivity index (χ4v) is 3.11. The van der Waals surface area contributed by atoms with E-state index in [0.717, 1.165) is 12.1 Å². The van der Waals surface area contributed by atoms with Crippen molar-refractivity contribution in [1.29, 1.82) is 0 Å². The number of halogens is 3. The summed E-state index contributed by atoms with van der Waals surface area (Å²) in [5.41, 5.74) is 2.22. The van der Waals surface area contributed by atoms with Crippen molar-refractivity contribution in [2.45, 2.75) is 6.18 Å². The van der Waals surface area contributed by atoms with Crippen molar-refractivity contribution < 1.29 is 32.2 Å². The highest BCUT2D eigenvalue weighted by atomic mass is 19.4. The van der Waals surface area contributed by atoms with Gasteiger partial charge < -0.3 is 9.47 Å². The van der Waals surface area contributed by atoms with Gasteiger partial charge in [-0.2, -0.15) is 13.2 Å². The summed E-state index contributed by atoms with van der Waals surface area (Å²) < 4.78 is 48.9. The van der Waals surface area contributed by atoms with Crippen LogP contribution in [0.4, 0.5) is 13.2 Å². The summed E-state index contributed by atoms with van der Waals surface area (Å²) in [7, 11) is 2.55. The second-order valence-corrected chi connectivity index (χ2v) is 6.82. The van der Waals surface area contributed by atoms with Gasteiger partial charge in [-0.25, -0.2) is 9.59 Å². The van der Waals surface area contributed by atoms with Crippen molar-refractivity contribution in [3.8, 4) is 0 Å². The number of carbonyl (C=O) groups is 2. The predicted molar refractivity (Wildman–Crippen MR) is 114 cm³/mol. The van der Waals surface area contributed by atoms with Gasteiger partial charge in [0, 0.05) is 0 Å². The standard InChI is InChI=1S/C25H19F3O4/c1-31-23(29)19-10-6-17(7-11-19)22(18-8-12-20(13-9-18)24(30)32-2)15-16-4-3-5-21(14-16)25(26,27)28/h3-15H,1-2H3. The SMILES string of the molecule is COC(=O)c1ccc(C(=Cc2cccc(C(F)(F)F)c2)c2ccc(C(=O)OC)cc2)cc1. The van der Waals surface area contributed by atoms with E-state index >= 15 is 0 Å². The van der Waals surface area contributed by atoms with Crippen LogP contribution in [0.15, 0.2) is 72.8 Å². The normalized spacial score (nSPS) is 10.9. The molecule has 164 valence electrons. The fraction of sp³-hybridized carbons (Fsp3) is 0.120. The summed E-state index contributed by atoms with van der Waals surface area (Å²) in [5, 5.41) is 0. The first-order chi connectivity index (χ1) is 15.2. The summed E-state index contributed by atoms with van der Waals surface area (Å²) in [6.45, 7) is 0. The molecular weight excluding hydrogens is 421 g/mol. The Morgan fingerprint density at radius 2 is 1.16 bits per heavy atom. The molecule has 0 aliphatic heterocycles. The Labute approximate surface area is 182 Å². The van der Waals surface area contributed by atoms with E-state index in [-0.39, 0.29) is 0 Å².